The van der Waals surface area contributed by atoms with Gasteiger partial charge < -0.3 is 10.1 Å². The third kappa shape index (κ3) is 1.02. The molecule has 4 heteroatoms. The van der Waals surface area contributed by atoms with Crippen LogP contribution in [0.3, 0.4) is 0 Å². The molecule has 0 bridgehead atoms. The highest BCUT2D eigenvalue weighted by Crippen LogP contribution is 2.20. The Labute approximate surface area is 72.8 Å². The van der Waals surface area contributed by atoms with E-state index in [0.717, 1.165) is 16.6 Å². The first kappa shape index (κ1) is 7.71. The molecule has 62 valence electrons. The zero-order chi connectivity index (χ0) is 8.55. The lowest BCUT2D eigenvalue weighted by atomic mass is 10.2. The number of hydrogen-bond acceptors (Lipinski definition) is 2. The highest BCUT2D eigenvalue weighted by atomic mass is 31.0. The first-order valence-electron chi connectivity index (χ1n) is 3.73. The molecule has 1 atom stereocenters. The first-order valence-corrected chi connectivity index (χ1v) is 4.24. The van der Waals surface area contributed by atoms with E-state index in [-0.39, 0.29) is 0 Å². The van der Waals surface area contributed by atoms with Gasteiger partial charge in [0, 0.05) is 24.3 Å². The van der Waals surface area contributed by atoms with Crippen molar-refractivity contribution in [2.24, 2.45) is 5.73 Å². The van der Waals surface area contributed by atoms with Crippen molar-refractivity contribution in [3.05, 3.63) is 30.1 Å². The van der Waals surface area contributed by atoms with Crippen molar-refractivity contribution in [3.63, 3.8) is 0 Å². The normalized spacial score (nSPS) is 10.8. The lowest BCUT2D eigenvalue weighted by Crippen LogP contribution is -1.93. The number of hydrogen-bond donors (Lipinski definition) is 1. The second-order valence-corrected chi connectivity index (χ2v) is 3.20. The highest BCUT2D eigenvalue weighted by Gasteiger charge is 2.03. The Kier molecular flexibility index (Phi) is 1.83. The largest absolute Gasteiger partial charge is 0.326 e. The second-order valence-electron chi connectivity index (χ2n) is 2.64. The Morgan fingerprint density at radius 3 is 3.17 bits per heavy atom. The molecule has 2 aromatic rings. The summed E-state index contributed by atoms with van der Waals surface area (Å²) in [6.45, 7) is 0.559. The van der Waals surface area contributed by atoms with Crippen LogP contribution in [0, 0.1) is 0 Å². The van der Waals surface area contributed by atoms with Crippen LogP contribution >= 0.6 is 9.39 Å². The van der Waals surface area contributed by atoms with E-state index in [4.69, 9.17) is 5.73 Å². The molecule has 1 unspecified atom stereocenters. The van der Waals surface area contributed by atoms with E-state index in [1.165, 1.54) is 0 Å². The fourth-order valence-corrected chi connectivity index (χ4v) is 1.70. The minimum absolute atomic E-state index is 0.559. The summed E-state index contributed by atoms with van der Waals surface area (Å²) in [6.07, 6.45) is 3.77. The topological polar surface area (TPSA) is 43.8 Å². The van der Waals surface area contributed by atoms with Crippen molar-refractivity contribution in [1.82, 2.24) is 9.32 Å². The van der Waals surface area contributed by atoms with E-state index >= 15 is 0 Å². The number of rotatable bonds is 1. The predicted octanol–water partition coefficient (Wildman–Crippen LogP) is 1.13. The van der Waals surface area contributed by atoms with E-state index < -0.39 is 0 Å². The van der Waals surface area contributed by atoms with Crippen molar-refractivity contribution in [2.75, 3.05) is 0 Å². The van der Waals surface area contributed by atoms with Gasteiger partial charge in [0.1, 0.15) is 5.65 Å². The third-order valence-electron chi connectivity index (χ3n) is 1.89. The molecule has 2 rings (SSSR count). The summed E-state index contributed by atoms with van der Waals surface area (Å²) < 4.78 is 1.91. The van der Waals surface area contributed by atoms with Crippen LogP contribution in [0.1, 0.15) is 5.56 Å². The van der Waals surface area contributed by atoms with E-state index in [1.54, 1.807) is 6.20 Å². The number of fused-ring (bicyclic) bond motifs is 1. The van der Waals surface area contributed by atoms with E-state index in [9.17, 15) is 0 Å². The maximum atomic E-state index is 5.58. The Balaban J connectivity index is 2.82. The van der Waals surface area contributed by atoms with Crippen LogP contribution in [0.5, 0.6) is 0 Å². The summed E-state index contributed by atoms with van der Waals surface area (Å²) in [4.78, 5) is 4.24. The fourth-order valence-electron chi connectivity index (χ4n) is 1.31. The molecule has 3 nitrogen and oxygen atoms in total. The van der Waals surface area contributed by atoms with Gasteiger partial charge in [-0.3, -0.25) is 0 Å². The molecule has 0 saturated heterocycles. The van der Waals surface area contributed by atoms with Crippen molar-refractivity contribution in [1.29, 1.82) is 0 Å². The maximum Gasteiger partial charge on any atom is 0.143 e. The van der Waals surface area contributed by atoms with Gasteiger partial charge in [-0.25, -0.2) is 4.98 Å². The van der Waals surface area contributed by atoms with E-state index in [1.807, 2.05) is 22.7 Å². The van der Waals surface area contributed by atoms with Gasteiger partial charge in [0.05, 0.1) is 0 Å². The summed E-state index contributed by atoms with van der Waals surface area (Å²) in [5.74, 6) is 0. The average Bonchev–Trinajstić information content (AvgIpc) is 2.44. The van der Waals surface area contributed by atoms with Gasteiger partial charge in [-0.15, -0.1) is 0 Å². The van der Waals surface area contributed by atoms with Crippen molar-refractivity contribution < 1.29 is 0 Å². The minimum atomic E-state index is 0.559. The van der Waals surface area contributed by atoms with Crippen molar-refractivity contribution in [2.45, 2.75) is 6.54 Å². The van der Waals surface area contributed by atoms with E-state index in [0.29, 0.717) is 6.54 Å². The van der Waals surface area contributed by atoms with Gasteiger partial charge in [-0.1, -0.05) is 0 Å². The van der Waals surface area contributed by atoms with Crippen molar-refractivity contribution in [3.8, 4) is 0 Å². The van der Waals surface area contributed by atoms with Gasteiger partial charge in [0.15, 0.2) is 0 Å². The SMILES string of the molecule is NCc1cn(P)c2ncccc12. The second kappa shape index (κ2) is 2.85. The molecule has 0 aromatic carbocycles. The summed E-state index contributed by atoms with van der Waals surface area (Å²) in [7, 11) is 2.59. The van der Waals surface area contributed by atoms with E-state index in [2.05, 4.69) is 14.4 Å². The molecule has 0 aliphatic heterocycles. The summed E-state index contributed by atoms with van der Waals surface area (Å²) in [6, 6.07) is 3.96. The highest BCUT2D eigenvalue weighted by molar-refractivity contribution is 7.14. The number of nitrogens with zero attached hydrogens (tertiary/aromatic N) is 2. The molecule has 12 heavy (non-hydrogen) atoms. The maximum absolute atomic E-state index is 5.58. The van der Waals surface area contributed by atoms with Crippen LogP contribution in [0.2, 0.25) is 0 Å². The van der Waals surface area contributed by atoms with Gasteiger partial charge in [0.2, 0.25) is 0 Å². The Bertz CT molecular complexity index is 408. The zero-order valence-corrected chi connectivity index (χ0v) is 7.72. The molecule has 0 aliphatic rings. The molecule has 0 amide bonds. The lowest BCUT2D eigenvalue weighted by molar-refractivity contribution is 1.08. The fraction of sp³-hybridized carbons (Fsp3) is 0.125. The van der Waals surface area contributed by atoms with Crippen LogP contribution < -0.4 is 5.73 Å². The summed E-state index contributed by atoms with van der Waals surface area (Å²) in [5, 5.41) is 1.13. The number of aromatic nitrogens is 2. The van der Waals surface area contributed by atoms with Crippen LogP contribution in [0.4, 0.5) is 0 Å². The monoisotopic (exact) mass is 179 g/mol. The van der Waals surface area contributed by atoms with Gasteiger partial charge in [-0.2, -0.15) is 0 Å². The third-order valence-corrected chi connectivity index (χ3v) is 2.29. The Hall–Kier alpha value is -0.920. The Morgan fingerprint density at radius 1 is 1.58 bits per heavy atom. The molecular formula is C8H10N3P. The van der Waals surface area contributed by atoms with Crippen LogP contribution in [0.25, 0.3) is 11.0 Å². The zero-order valence-electron chi connectivity index (χ0n) is 6.57. The molecule has 0 aliphatic carbocycles. The van der Waals surface area contributed by atoms with Gasteiger partial charge >= 0.3 is 0 Å². The average molecular weight is 179 g/mol. The lowest BCUT2D eigenvalue weighted by Gasteiger charge is -1.91. The number of nitrogens with two attached hydrogens (primary N) is 1. The molecule has 0 spiro atoms. The first-order chi connectivity index (χ1) is 5.83. The molecule has 0 saturated carbocycles. The summed E-state index contributed by atoms with van der Waals surface area (Å²) in [5.41, 5.74) is 7.67. The molecule has 2 aromatic heterocycles. The standard InChI is InChI=1S/C8H10N3P/c9-4-6-5-11(12)8-7(6)2-1-3-10-8/h1-3,5H,4,9,12H2. The molecular weight excluding hydrogens is 169 g/mol. The molecule has 0 radical (unpaired) electrons. The van der Waals surface area contributed by atoms with Crippen LogP contribution in [0.15, 0.2) is 24.5 Å². The van der Waals surface area contributed by atoms with Crippen LogP contribution in [-0.2, 0) is 6.54 Å². The van der Waals surface area contributed by atoms with Gasteiger partial charge in [0.25, 0.3) is 0 Å². The molecule has 0 fully saturated rings. The van der Waals surface area contributed by atoms with Gasteiger partial charge in [-0.05, 0) is 27.1 Å². The van der Waals surface area contributed by atoms with Crippen molar-refractivity contribution >= 4 is 20.4 Å². The predicted molar refractivity (Wildman–Crippen MR) is 52.7 cm³/mol. The molecule has 2 heterocycles. The number of pyridine rings is 1. The Morgan fingerprint density at radius 2 is 2.42 bits per heavy atom. The smallest absolute Gasteiger partial charge is 0.143 e. The van der Waals surface area contributed by atoms with Crippen LogP contribution in [-0.4, -0.2) is 9.32 Å². The molecule has 2 N–H and O–H groups in total. The minimum Gasteiger partial charge on any atom is -0.326 e. The quantitative estimate of drug-likeness (QED) is 0.667. The summed E-state index contributed by atoms with van der Waals surface area (Å²) >= 11 is 0.